The van der Waals surface area contributed by atoms with Crippen LogP contribution in [-0.2, 0) is 13.6 Å². The molecule has 0 amide bonds. The Bertz CT molecular complexity index is 636. The zero-order chi connectivity index (χ0) is 14.0. The van der Waals surface area contributed by atoms with Crippen molar-refractivity contribution in [3.05, 3.63) is 41.1 Å². The summed E-state index contributed by atoms with van der Waals surface area (Å²) in [4.78, 5) is 1.99. The second-order valence-electron chi connectivity index (χ2n) is 4.57. The van der Waals surface area contributed by atoms with Gasteiger partial charge in [0.25, 0.3) is 0 Å². The highest BCUT2D eigenvalue weighted by atomic mass is 15.4. The Balaban J connectivity index is 2.34. The summed E-state index contributed by atoms with van der Waals surface area (Å²) < 4.78 is 1.73. The number of benzene rings is 1. The van der Waals surface area contributed by atoms with E-state index in [1.54, 1.807) is 4.68 Å². The lowest BCUT2D eigenvalue weighted by molar-refractivity contribution is 0.727. The average Bonchev–Trinajstić information content (AvgIpc) is 2.66. The Kier molecular flexibility index (Phi) is 3.43. The third-order valence-electron chi connectivity index (χ3n) is 3.13. The summed E-state index contributed by atoms with van der Waals surface area (Å²) in [6.45, 7) is 2.48. The Labute approximate surface area is 112 Å². The molecule has 98 valence electrons. The molecule has 5 heteroatoms. The summed E-state index contributed by atoms with van der Waals surface area (Å²) in [5.41, 5.74) is 9.09. The van der Waals surface area contributed by atoms with Crippen LogP contribution in [0.25, 0.3) is 0 Å². The highest BCUT2D eigenvalue weighted by Crippen LogP contribution is 2.23. The first-order valence-corrected chi connectivity index (χ1v) is 6.02. The molecule has 1 aromatic heterocycles. The van der Waals surface area contributed by atoms with Gasteiger partial charge in [-0.1, -0.05) is 18.2 Å². The van der Waals surface area contributed by atoms with Gasteiger partial charge in [-0.3, -0.25) is 4.68 Å². The Morgan fingerprint density at radius 3 is 2.74 bits per heavy atom. The molecule has 5 nitrogen and oxygen atoms in total. The van der Waals surface area contributed by atoms with Crippen molar-refractivity contribution in [1.29, 1.82) is 5.26 Å². The minimum absolute atomic E-state index is 0.611. The van der Waals surface area contributed by atoms with Crippen molar-refractivity contribution < 1.29 is 0 Å². The zero-order valence-corrected chi connectivity index (χ0v) is 11.4. The molecule has 0 saturated carbocycles. The van der Waals surface area contributed by atoms with E-state index in [0.29, 0.717) is 12.1 Å². The van der Waals surface area contributed by atoms with E-state index in [2.05, 4.69) is 11.2 Å². The zero-order valence-electron chi connectivity index (χ0n) is 11.4. The van der Waals surface area contributed by atoms with Gasteiger partial charge < -0.3 is 10.6 Å². The number of nitrogen functional groups attached to an aromatic ring is 1. The molecular weight excluding hydrogens is 238 g/mol. The largest absolute Gasteiger partial charge is 0.398 e. The normalized spacial score (nSPS) is 10.2. The average molecular weight is 255 g/mol. The van der Waals surface area contributed by atoms with Crippen LogP contribution in [0.1, 0.15) is 16.8 Å². The van der Waals surface area contributed by atoms with E-state index in [9.17, 15) is 5.26 Å². The van der Waals surface area contributed by atoms with Crippen LogP contribution in [-0.4, -0.2) is 16.8 Å². The van der Waals surface area contributed by atoms with Crippen molar-refractivity contribution in [1.82, 2.24) is 9.78 Å². The van der Waals surface area contributed by atoms with Gasteiger partial charge >= 0.3 is 0 Å². The van der Waals surface area contributed by atoms with E-state index in [1.165, 1.54) is 0 Å². The second kappa shape index (κ2) is 5.02. The van der Waals surface area contributed by atoms with Crippen molar-refractivity contribution in [3.63, 3.8) is 0 Å². The number of aryl methyl sites for hydroxylation is 2. The third kappa shape index (κ3) is 2.38. The molecule has 19 heavy (non-hydrogen) atoms. The number of aromatic nitrogens is 2. The van der Waals surface area contributed by atoms with Crippen molar-refractivity contribution in [3.8, 4) is 6.07 Å². The Morgan fingerprint density at radius 1 is 1.42 bits per heavy atom. The van der Waals surface area contributed by atoms with Gasteiger partial charge in [-0.25, -0.2) is 0 Å². The molecule has 0 unspecified atom stereocenters. The van der Waals surface area contributed by atoms with Gasteiger partial charge in [-0.05, 0) is 18.6 Å². The highest BCUT2D eigenvalue weighted by Gasteiger charge is 2.17. The first-order valence-electron chi connectivity index (χ1n) is 6.02. The number of nitrogens with two attached hydrogens (primary N) is 1. The molecular formula is C14H17N5. The number of nitrogens with zero attached hydrogens (tertiary/aromatic N) is 4. The van der Waals surface area contributed by atoms with Crippen molar-refractivity contribution in [2.75, 3.05) is 17.7 Å². The fourth-order valence-electron chi connectivity index (χ4n) is 2.22. The molecule has 0 aliphatic heterocycles. The SMILES string of the molecule is Cc1nn(C)c(N(C)Cc2ccccc2N)c1C#N. The summed E-state index contributed by atoms with van der Waals surface area (Å²) in [5.74, 6) is 0.809. The van der Waals surface area contributed by atoms with Crippen LogP contribution in [0.3, 0.4) is 0 Å². The Hall–Kier alpha value is -2.48. The predicted octanol–water partition coefficient (Wildman–Crippen LogP) is 1.82. The monoisotopic (exact) mass is 255 g/mol. The summed E-state index contributed by atoms with van der Waals surface area (Å²) in [6.07, 6.45) is 0. The molecule has 0 atom stereocenters. The van der Waals surface area contributed by atoms with Crippen molar-refractivity contribution >= 4 is 11.5 Å². The quantitative estimate of drug-likeness (QED) is 0.849. The number of para-hydroxylation sites is 1. The van der Waals surface area contributed by atoms with Crippen LogP contribution in [0, 0.1) is 18.3 Å². The lowest BCUT2D eigenvalue weighted by Gasteiger charge is -2.20. The van der Waals surface area contributed by atoms with E-state index in [1.807, 2.05) is 50.2 Å². The third-order valence-corrected chi connectivity index (χ3v) is 3.13. The van der Waals surface area contributed by atoms with Crippen LogP contribution in [0.5, 0.6) is 0 Å². The van der Waals surface area contributed by atoms with Crippen LogP contribution >= 0.6 is 0 Å². The maximum atomic E-state index is 9.23. The number of rotatable bonds is 3. The molecule has 2 N–H and O–H groups in total. The first-order chi connectivity index (χ1) is 9.04. The van der Waals surface area contributed by atoms with E-state index < -0.39 is 0 Å². The summed E-state index contributed by atoms with van der Waals surface area (Å²) in [7, 11) is 3.78. The second-order valence-corrected chi connectivity index (χ2v) is 4.57. The van der Waals surface area contributed by atoms with Crippen LogP contribution in [0.15, 0.2) is 24.3 Å². The molecule has 1 aromatic carbocycles. The summed E-state index contributed by atoms with van der Waals surface area (Å²) in [5, 5.41) is 13.5. The van der Waals surface area contributed by atoms with Gasteiger partial charge in [0, 0.05) is 26.3 Å². The maximum absolute atomic E-state index is 9.23. The van der Waals surface area contributed by atoms with Gasteiger partial charge in [0.1, 0.15) is 17.5 Å². The molecule has 2 aromatic rings. The molecule has 1 heterocycles. The highest BCUT2D eigenvalue weighted by molar-refractivity contribution is 5.58. The van der Waals surface area contributed by atoms with Crippen molar-refractivity contribution in [2.24, 2.45) is 7.05 Å². The maximum Gasteiger partial charge on any atom is 0.145 e. The lowest BCUT2D eigenvalue weighted by atomic mass is 10.1. The van der Waals surface area contributed by atoms with E-state index >= 15 is 0 Å². The summed E-state index contributed by atoms with van der Waals surface area (Å²) >= 11 is 0. The smallest absolute Gasteiger partial charge is 0.145 e. The number of hydrogen-bond donors (Lipinski definition) is 1. The predicted molar refractivity (Wildman–Crippen MR) is 75.6 cm³/mol. The molecule has 0 saturated heterocycles. The van der Waals surface area contributed by atoms with Crippen molar-refractivity contribution in [2.45, 2.75) is 13.5 Å². The Morgan fingerprint density at radius 2 is 2.11 bits per heavy atom. The van der Waals surface area contributed by atoms with Gasteiger partial charge in [0.2, 0.25) is 0 Å². The molecule has 0 fully saturated rings. The molecule has 0 spiro atoms. The van der Waals surface area contributed by atoms with Gasteiger partial charge in [0.15, 0.2) is 0 Å². The topological polar surface area (TPSA) is 70.9 Å². The minimum Gasteiger partial charge on any atom is -0.398 e. The molecule has 0 aliphatic carbocycles. The molecule has 0 bridgehead atoms. The first kappa shape index (κ1) is 13.0. The molecule has 0 aliphatic rings. The van der Waals surface area contributed by atoms with Gasteiger partial charge in [-0.2, -0.15) is 10.4 Å². The van der Waals surface area contributed by atoms with E-state index in [0.717, 1.165) is 22.8 Å². The van der Waals surface area contributed by atoms with E-state index in [4.69, 9.17) is 5.73 Å². The molecule has 2 rings (SSSR count). The van der Waals surface area contributed by atoms with Crippen LogP contribution < -0.4 is 10.6 Å². The number of anilines is 2. The van der Waals surface area contributed by atoms with E-state index in [-0.39, 0.29) is 0 Å². The standard InChI is InChI=1S/C14H17N5/c1-10-12(8-15)14(19(3)17-10)18(2)9-11-6-4-5-7-13(11)16/h4-7H,9,16H2,1-3H3. The summed E-state index contributed by atoms with van der Waals surface area (Å²) in [6, 6.07) is 9.94. The van der Waals surface area contributed by atoms with Gasteiger partial charge in [-0.15, -0.1) is 0 Å². The van der Waals surface area contributed by atoms with Gasteiger partial charge in [0.05, 0.1) is 5.69 Å². The fourth-order valence-corrected chi connectivity index (χ4v) is 2.22. The molecule has 0 radical (unpaired) electrons. The lowest BCUT2D eigenvalue weighted by Crippen LogP contribution is -2.21. The number of nitriles is 1. The van der Waals surface area contributed by atoms with Crippen LogP contribution in [0.2, 0.25) is 0 Å². The van der Waals surface area contributed by atoms with Crippen LogP contribution in [0.4, 0.5) is 11.5 Å². The minimum atomic E-state index is 0.611. The fraction of sp³-hybridized carbons (Fsp3) is 0.286. The number of hydrogen-bond acceptors (Lipinski definition) is 4.